The number of carbonyl (C=O) groups is 1. The number of thioether (sulfide) groups is 1. The van der Waals surface area contributed by atoms with Gasteiger partial charge < -0.3 is 5.32 Å². The van der Waals surface area contributed by atoms with Crippen molar-refractivity contribution in [3.63, 3.8) is 0 Å². The van der Waals surface area contributed by atoms with Gasteiger partial charge >= 0.3 is 0 Å². The SMILES string of the molecule is Cc1c(Cl)cccc1NC(=O)CSc1nnc2cc(C)c3cccc(C)c3n12. The van der Waals surface area contributed by atoms with Crippen LogP contribution in [0.2, 0.25) is 5.02 Å². The van der Waals surface area contributed by atoms with Gasteiger partial charge in [0.2, 0.25) is 5.91 Å². The van der Waals surface area contributed by atoms with Gasteiger partial charge in [-0.15, -0.1) is 10.2 Å². The van der Waals surface area contributed by atoms with E-state index in [1.807, 2.05) is 29.5 Å². The number of carbonyl (C=O) groups excluding carboxylic acids is 1. The van der Waals surface area contributed by atoms with Crippen molar-refractivity contribution in [2.75, 3.05) is 11.1 Å². The topological polar surface area (TPSA) is 59.3 Å². The second-order valence-corrected chi connectivity index (χ2v) is 8.07. The summed E-state index contributed by atoms with van der Waals surface area (Å²) in [6.07, 6.45) is 0. The number of hydrogen-bond donors (Lipinski definition) is 1. The number of aryl methyl sites for hydroxylation is 2. The third-order valence-corrected chi connectivity index (χ3v) is 6.10. The Morgan fingerprint density at radius 1 is 1.11 bits per heavy atom. The number of benzene rings is 2. The fourth-order valence-corrected chi connectivity index (χ4v) is 4.20. The minimum absolute atomic E-state index is 0.111. The molecule has 0 radical (unpaired) electrons. The number of hydrogen-bond acceptors (Lipinski definition) is 4. The third kappa shape index (κ3) is 3.34. The van der Waals surface area contributed by atoms with Crippen LogP contribution in [-0.2, 0) is 4.79 Å². The molecule has 4 rings (SSSR count). The number of anilines is 1. The number of nitrogens with one attached hydrogen (secondary N) is 1. The first-order valence-corrected chi connectivity index (χ1v) is 10.2. The van der Waals surface area contributed by atoms with E-state index in [9.17, 15) is 4.79 Å². The lowest BCUT2D eigenvalue weighted by Crippen LogP contribution is -2.15. The molecule has 142 valence electrons. The third-order valence-electron chi connectivity index (χ3n) is 4.76. The molecule has 0 aliphatic carbocycles. The van der Waals surface area contributed by atoms with Crippen LogP contribution >= 0.6 is 23.4 Å². The molecule has 0 aliphatic heterocycles. The zero-order valence-corrected chi connectivity index (χ0v) is 17.4. The van der Waals surface area contributed by atoms with Gasteiger partial charge in [-0.3, -0.25) is 9.20 Å². The van der Waals surface area contributed by atoms with Gasteiger partial charge in [-0.05, 0) is 55.7 Å². The number of amides is 1. The van der Waals surface area contributed by atoms with Gasteiger partial charge in [0, 0.05) is 16.1 Å². The average Bonchev–Trinajstić information content (AvgIpc) is 3.07. The van der Waals surface area contributed by atoms with Crippen molar-refractivity contribution in [2.24, 2.45) is 0 Å². The standard InChI is InChI=1S/C21H19ClN4OS/c1-12-6-4-7-15-13(2)10-18-24-25-21(26(18)20(12)15)28-11-19(27)23-17-9-5-8-16(22)14(17)3/h4-10H,11H2,1-3H3,(H,23,27). The fourth-order valence-electron chi connectivity index (χ4n) is 3.28. The van der Waals surface area contributed by atoms with E-state index in [4.69, 9.17) is 11.6 Å². The van der Waals surface area contributed by atoms with E-state index in [-0.39, 0.29) is 11.7 Å². The number of pyridine rings is 1. The molecule has 0 fully saturated rings. The Kier molecular flexibility index (Phi) is 5.00. The van der Waals surface area contributed by atoms with Crippen LogP contribution in [0.3, 0.4) is 0 Å². The van der Waals surface area contributed by atoms with Gasteiger partial charge in [0.1, 0.15) is 0 Å². The second-order valence-electron chi connectivity index (χ2n) is 6.72. The minimum Gasteiger partial charge on any atom is -0.325 e. The normalized spacial score (nSPS) is 11.3. The highest BCUT2D eigenvalue weighted by Crippen LogP contribution is 2.28. The Morgan fingerprint density at radius 3 is 2.71 bits per heavy atom. The van der Waals surface area contributed by atoms with Crippen molar-refractivity contribution in [3.8, 4) is 0 Å². The Bertz CT molecular complexity index is 1220. The summed E-state index contributed by atoms with van der Waals surface area (Å²) in [5.41, 5.74) is 5.74. The number of fused-ring (bicyclic) bond motifs is 3. The van der Waals surface area contributed by atoms with Gasteiger partial charge in [-0.1, -0.05) is 47.6 Å². The van der Waals surface area contributed by atoms with Gasteiger partial charge in [0.25, 0.3) is 0 Å². The lowest BCUT2D eigenvalue weighted by molar-refractivity contribution is -0.113. The molecule has 7 heteroatoms. The quantitative estimate of drug-likeness (QED) is 0.470. The van der Waals surface area contributed by atoms with Crippen LogP contribution in [0.25, 0.3) is 16.6 Å². The van der Waals surface area contributed by atoms with Crippen LogP contribution in [0.5, 0.6) is 0 Å². The maximum atomic E-state index is 12.5. The maximum Gasteiger partial charge on any atom is 0.234 e. The van der Waals surface area contributed by atoms with E-state index >= 15 is 0 Å². The number of para-hydroxylation sites is 1. The van der Waals surface area contributed by atoms with Crippen LogP contribution in [0, 0.1) is 20.8 Å². The van der Waals surface area contributed by atoms with Crippen LogP contribution in [0.4, 0.5) is 5.69 Å². The van der Waals surface area contributed by atoms with Gasteiger partial charge in [-0.2, -0.15) is 0 Å². The summed E-state index contributed by atoms with van der Waals surface area (Å²) in [7, 11) is 0. The van der Waals surface area contributed by atoms with E-state index in [1.54, 1.807) is 6.07 Å². The van der Waals surface area contributed by atoms with E-state index in [0.29, 0.717) is 10.2 Å². The molecule has 0 spiro atoms. The molecule has 0 bridgehead atoms. The summed E-state index contributed by atoms with van der Waals surface area (Å²) in [6.45, 7) is 6.03. The molecule has 4 aromatic rings. The molecule has 0 atom stereocenters. The zero-order chi connectivity index (χ0) is 19.8. The summed E-state index contributed by atoms with van der Waals surface area (Å²) in [5, 5.41) is 14.0. The van der Waals surface area contributed by atoms with Crippen molar-refractivity contribution in [3.05, 3.63) is 64.2 Å². The summed E-state index contributed by atoms with van der Waals surface area (Å²) < 4.78 is 2.03. The first-order chi connectivity index (χ1) is 13.5. The molecule has 1 N–H and O–H groups in total. The highest BCUT2D eigenvalue weighted by atomic mass is 35.5. The molecule has 0 unspecified atom stereocenters. The van der Waals surface area contributed by atoms with E-state index in [1.165, 1.54) is 11.8 Å². The highest BCUT2D eigenvalue weighted by molar-refractivity contribution is 7.99. The predicted molar refractivity (Wildman–Crippen MR) is 116 cm³/mol. The molecule has 0 saturated carbocycles. The summed E-state index contributed by atoms with van der Waals surface area (Å²) in [6, 6.07) is 13.7. The Balaban J connectivity index is 1.62. The van der Waals surface area contributed by atoms with Crippen molar-refractivity contribution in [1.82, 2.24) is 14.6 Å². The Labute approximate surface area is 172 Å². The van der Waals surface area contributed by atoms with E-state index in [2.05, 4.69) is 47.6 Å². The van der Waals surface area contributed by atoms with Crippen molar-refractivity contribution >= 4 is 51.5 Å². The largest absolute Gasteiger partial charge is 0.325 e. The fraction of sp³-hybridized carbons (Fsp3) is 0.190. The molecule has 2 aromatic carbocycles. The highest BCUT2D eigenvalue weighted by Gasteiger charge is 2.15. The van der Waals surface area contributed by atoms with E-state index in [0.717, 1.165) is 38.9 Å². The number of halogens is 1. The van der Waals surface area contributed by atoms with Crippen LogP contribution < -0.4 is 5.32 Å². The van der Waals surface area contributed by atoms with Gasteiger partial charge in [-0.25, -0.2) is 0 Å². The maximum absolute atomic E-state index is 12.5. The Morgan fingerprint density at radius 2 is 1.89 bits per heavy atom. The average molecular weight is 411 g/mol. The lowest BCUT2D eigenvalue weighted by atomic mass is 10.1. The number of rotatable bonds is 4. The summed E-state index contributed by atoms with van der Waals surface area (Å²) in [4.78, 5) is 12.5. The van der Waals surface area contributed by atoms with Crippen molar-refractivity contribution in [1.29, 1.82) is 0 Å². The molecule has 0 saturated heterocycles. The summed E-state index contributed by atoms with van der Waals surface area (Å²) >= 11 is 7.49. The van der Waals surface area contributed by atoms with Crippen LogP contribution in [0.1, 0.15) is 16.7 Å². The second kappa shape index (κ2) is 7.45. The van der Waals surface area contributed by atoms with Crippen LogP contribution in [-0.4, -0.2) is 26.3 Å². The molecule has 2 heterocycles. The summed E-state index contributed by atoms with van der Waals surface area (Å²) in [5.74, 6) is 0.119. The monoisotopic (exact) mass is 410 g/mol. The van der Waals surface area contributed by atoms with Crippen LogP contribution in [0.15, 0.2) is 47.6 Å². The molecule has 5 nitrogen and oxygen atoms in total. The first-order valence-electron chi connectivity index (χ1n) is 8.87. The molecular formula is C21H19ClN4OS. The smallest absolute Gasteiger partial charge is 0.234 e. The molecular weight excluding hydrogens is 392 g/mol. The molecule has 1 amide bonds. The van der Waals surface area contributed by atoms with Gasteiger partial charge in [0.05, 0.1) is 11.3 Å². The lowest BCUT2D eigenvalue weighted by Gasteiger charge is -2.11. The number of nitrogens with zero attached hydrogens (tertiary/aromatic N) is 3. The minimum atomic E-state index is -0.111. The van der Waals surface area contributed by atoms with Crippen molar-refractivity contribution in [2.45, 2.75) is 25.9 Å². The molecule has 28 heavy (non-hydrogen) atoms. The van der Waals surface area contributed by atoms with Gasteiger partial charge in [0.15, 0.2) is 10.8 Å². The van der Waals surface area contributed by atoms with E-state index < -0.39 is 0 Å². The number of aromatic nitrogens is 3. The first kappa shape index (κ1) is 18.8. The van der Waals surface area contributed by atoms with Crippen molar-refractivity contribution < 1.29 is 4.79 Å². The molecule has 0 aliphatic rings. The zero-order valence-electron chi connectivity index (χ0n) is 15.8. The molecule has 2 aromatic heterocycles. The predicted octanol–water partition coefficient (Wildman–Crippen LogP) is 5.19. The Hall–Kier alpha value is -2.57.